The van der Waals surface area contributed by atoms with Crippen LogP contribution in [0.4, 0.5) is 5.69 Å². The molecular formula is C27H33N5O4. The first-order valence-electron chi connectivity index (χ1n) is 11.9. The van der Waals surface area contributed by atoms with Gasteiger partial charge < -0.3 is 29.9 Å². The zero-order chi connectivity index (χ0) is 25.8. The molecule has 0 amide bonds. The summed E-state index contributed by atoms with van der Waals surface area (Å²) in [6.07, 6.45) is 9.01. The second kappa shape index (κ2) is 10.9. The van der Waals surface area contributed by atoms with E-state index in [1.807, 2.05) is 70.5 Å². The number of hydrogen-bond donors (Lipinski definition) is 2. The normalized spacial score (nSPS) is 21.7. The van der Waals surface area contributed by atoms with E-state index in [1.54, 1.807) is 12.3 Å². The molecule has 0 aliphatic carbocycles. The van der Waals surface area contributed by atoms with E-state index in [4.69, 9.17) is 9.47 Å². The van der Waals surface area contributed by atoms with Gasteiger partial charge in [0.15, 0.2) is 11.3 Å². The lowest BCUT2D eigenvalue weighted by Gasteiger charge is -2.17. The van der Waals surface area contributed by atoms with E-state index >= 15 is 0 Å². The summed E-state index contributed by atoms with van der Waals surface area (Å²) in [5.74, 6) is -1.10. The van der Waals surface area contributed by atoms with Gasteiger partial charge in [-0.3, -0.25) is 9.79 Å². The lowest BCUT2D eigenvalue weighted by atomic mass is 9.96. The first kappa shape index (κ1) is 25.4. The molecule has 0 saturated carbocycles. The van der Waals surface area contributed by atoms with Gasteiger partial charge in [-0.15, -0.1) is 0 Å². The SMILES string of the molecule is Cc1cc(CN(C)C)ccc1NC1=C(C(=O)OCCN(C)C)C(=O)/C(=C/C2=CNC3N=CC=CC23)O1. The minimum atomic E-state index is -0.715. The summed E-state index contributed by atoms with van der Waals surface area (Å²) in [4.78, 5) is 34.7. The molecule has 3 heterocycles. The van der Waals surface area contributed by atoms with Crippen LogP contribution in [0.2, 0.25) is 0 Å². The summed E-state index contributed by atoms with van der Waals surface area (Å²) in [5.41, 5.74) is 3.57. The number of nitrogens with one attached hydrogen (secondary N) is 2. The van der Waals surface area contributed by atoms with E-state index in [-0.39, 0.29) is 35.9 Å². The van der Waals surface area contributed by atoms with Crippen LogP contribution in [-0.4, -0.2) is 75.3 Å². The molecule has 190 valence electrons. The number of nitrogens with zero attached hydrogens (tertiary/aromatic N) is 3. The van der Waals surface area contributed by atoms with Crippen molar-refractivity contribution in [2.45, 2.75) is 19.6 Å². The lowest BCUT2D eigenvalue weighted by molar-refractivity contribution is -0.140. The van der Waals surface area contributed by atoms with Gasteiger partial charge in [-0.2, -0.15) is 0 Å². The number of anilines is 1. The number of carbonyl (C=O) groups excluding carboxylic acids is 2. The third-order valence-electron chi connectivity index (χ3n) is 6.00. The van der Waals surface area contributed by atoms with Gasteiger partial charge in [0, 0.05) is 37.1 Å². The summed E-state index contributed by atoms with van der Waals surface area (Å²) in [7, 11) is 7.79. The van der Waals surface area contributed by atoms with Gasteiger partial charge in [0.25, 0.3) is 0 Å². The monoisotopic (exact) mass is 491 g/mol. The van der Waals surface area contributed by atoms with Crippen LogP contribution in [0.25, 0.3) is 0 Å². The molecule has 0 aromatic heterocycles. The molecule has 4 rings (SSSR count). The molecule has 0 spiro atoms. The summed E-state index contributed by atoms with van der Waals surface area (Å²) in [6.45, 7) is 3.48. The van der Waals surface area contributed by atoms with Gasteiger partial charge in [0.2, 0.25) is 11.7 Å². The van der Waals surface area contributed by atoms with Gasteiger partial charge in [0.1, 0.15) is 12.8 Å². The molecule has 0 fully saturated rings. The second-order valence-electron chi connectivity index (χ2n) is 9.56. The molecule has 36 heavy (non-hydrogen) atoms. The van der Waals surface area contributed by atoms with Crippen molar-refractivity contribution in [2.75, 3.05) is 46.7 Å². The zero-order valence-corrected chi connectivity index (χ0v) is 21.4. The number of allylic oxidation sites excluding steroid dienone is 3. The Bertz CT molecular complexity index is 1190. The summed E-state index contributed by atoms with van der Waals surface area (Å²) in [5, 5.41) is 6.36. The number of carbonyl (C=O) groups is 2. The standard InChI is InChI=1S/C27H33N5O4/c1-17-13-18(16-32(4)5)8-9-21(17)30-26-23(27(34)35-12-11-31(2)3)24(33)22(36-26)14-19-15-29-25-20(19)7-6-10-28-25/h6-10,13-15,20,25,29-30H,11-12,16H2,1-5H3/b22-14-. The van der Waals surface area contributed by atoms with Gasteiger partial charge in [-0.25, -0.2) is 4.79 Å². The Morgan fingerprint density at radius 1 is 1.25 bits per heavy atom. The van der Waals surface area contributed by atoms with Crippen molar-refractivity contribution in [1.82, 2.24) is 15.1 Å². The molecule has 0 radical (unpaired) electrons. The van der Waals surface area contributed by atoms with Gasteiger partial charge >= 0.3 is 5.97 Å². The zero-order valence-electron chi connectivity index (χ0n) is 21.4. The van der Waals surface area contributed by atoms with Gasteiger partial charge in [-0.1, -0.05) is 18.2 Å². The van der Waals surface area contributed by atoms with Crippen LogP contribution < -0.4 is 10.6 Å². The van der Waals surface area contributed by atoms with E-state index in [0.717, 1.165) is 28.9 Å². The predicted octanol–water partition coefficient (Wildman–Crippen LogP) is 2.34. The fraction of sp³-hybridized carbons (Fsp3) is 0.370. The largest absolute Gasteiger partial charge is 0.460 e. The van der Waals surface area contributed by atoms with Crippen molar-refractivity contribution in [3.05, 3.63) is 76.5 Å². The molecule has 0 bridgehead atoms. The number of aliphatic imine (C=N–C) groups is 1. The summed E-state index contributed by atoms with van der Waals surface area (Å²) < 4.78 is 11.4. The Morgan fingerprint density at radius 3 is 2.78 bits per heavy atom. The fourth-order valence-electron chi connectivity index (χ4n) is 4.16. The molecule has 2 unspecified atom stereocenters. The summed E-state index contributed by atoms with van der Waals surface area (Å²) in [6, 6.07) is 5.99. The van der Waals surface area contributed by atoms with Crippen LogP contribution >= 0.6 is 0 Å². The topological polar surface area (TPSA) is 95.5 Å². The number of Topliss-reactive ketones (excluding diaryl/α,β-unsaturated/α-hetero) is 1. The number of hydrogen-bond acceptors (Lipinski definition) is 9. The Labute approximate surface area is 211 Å². The van der Waals surface area contributed by atoms with Crippen molar-refractivity contribution in [3.8, 4) is 0 Å². The van der Waals surface area contributed by atoms with E-state index in [1.165, 1.54) is 0 Å². The van der Waals surface area contributed by atoms with Crippen LogP contribution in [-0.2, 0) is 25.6 Å². The van der Waals surface area contributed by atoms with Crippen LogP contribution in [0, 0.1) is 12.8 Å². The van der Waals surface area contributed by atoms with E-state index < -0.39 is 11.8 Å². The highest BCUT2D eigenvalue weighted by Gasteiger charge is 2.38. The third kappa shape index (κ3) is 5.75. The maximum Gasteiger partial charge on any atom is 0.347 e. The average molecular weight is 492 g/mol. The highest BCUT2D eigenvalue weighted by atomic mass is 16.5. The fourth-order valence-corrected chi connectivity index (χ4v) is 4.16. The average Bonchev–Trinajstić information content (AvgIpc) is 3.36. The molecule has 0 saturated heterocycles. The van der Waals surface area contributed by atoms with Crippen LogP contribution in [0.5, 0.6) is 0 Å². The summed E-state index contributed by atoms with van der Waals surface area (Å²) >= 11 is 0. The Hall–Kier alpha value is -3.69. The molecule has 3 aliphatic rings. The van der Waals surface area contributed by atoms with Crippen molar-refractivity contribution < 1.29 is 19.1 Å². The van der Waals surface area contributed by atoms with Crippen molar-refractivity contribution in [2.24, 2.45) is 10.9 Å². The molecule has 3 aliphatic heterocycles. The third-order valence-corrected chi connectivity index (χ3v) is 6.00. The van der Waals surface area contributed by atoms with Crippen molar-refractivity contribution in [1.29, 1.82) is 0 Å². The smallest absolute Gasteiger partial charge is 0.347 e. The van der Waals surface area contributed by atoms with Crippen LogP contribution in [0.1, 0.15) is 11.1 Å². The molecular weight excluding hydrogens is 458 g/mol. The first-order chi connectivity index (χ1) is 17.2. The number of dihydropyridines is 1. The lowest BCUT2D eigenvalue weighted by Crippen LogP contribution is -2.25. The highest BCUT2D eigenvalue weighted by molar-refractivity contribution is 6.25. The Morgan fingerprint density at radius 2 is 2.06 bits per heavy atom. The molecule has 2 N–H and O–H groups in total. The first-order valence-corrected chi connectivity index (χ1v) is 11.9. The maximum atomic E-state index is 13.3. The van der Waals surface area contributed by atoms with Crippen molar-refractivity contribution >= 4 is 23.7 Å². The number of esters is 1. The van der Waals surface area contributed by atoms with Gasteiger partial charge in [0.05, 0.1) is 0 Å². The number of rotatable bonds is 9. The Kier molecular flexibility index (Phi) is 7.71. The molecule has 1 aromatic rings. The van der Waals surface area contributed by atoms with Crippen molar-refractivity contribution in [3.63, 3.8) is 0 Å². The van der Waals surface area contributed by atoms with E-state index in [0.29, 0.717) is 6.54 Å². The molecule has 9 heteroatoms. The predicted molar refractivity (Wildman–Crippen MR) is 139 cm³/mol. The minimum absolute atomic E-state index is 0.0158. The number of aryl methyl sites for hydroxylation is 1. The molecule has 1 aromatic carbocycles. The van der Waals surface area contributed by atoms with Crippen LogP contribution in [0.3, 0.4) is 0 Å². The molecule has 9 nitrogen and oxygen atoms in total. The number of likely N-dealkylation sites (N-methyl/N-ethyl adjacent to an activating group) is 1. The number of ether oxygens (including phenoxy) is 2. The second-order valence-corrected chi connectivity index (χ2v) is 9.56. The number of benzene rings is 1. The number of fused-ring (bicyclic) bond motifs is 1. The minimum Gasteiger partial charge on any atom is -0.460 e. The highest BCUT2D eigenvalue weighted by Crippen LogP contribution is 2.33. The van der Waals surface area contributed by atoms with Gasteiger partial charge in [-0.05, 0) is 70.0 Å². The van der Waals surface area contributed by atoms with E-state index in [2.05, 4.69) is 26.6 Å². The van der Waals surface area contributed by atoms with E-state index in [9.17, 15) is 9.59 Å². The maximum absolute atomic E-state index is 13.3. The van der Waals surface area contributed by atoms with Crippen LogP contribution in [0.15, 0.2) is 70.4 Å². The Balaban J connectivity index is 1.59. The number of ketones is 1. The quantitative estimate of drug-likeness (QED) is 0.309. The molecule has 2 atom stereocenters.